The van der Waals surface area contributed by atoms with Crippen molar-refractivity contribution in [2.24, 2.45) is 0 Å². The fraction of sp³-hybridized carbons (Fsp3) is 0.417. The third kappa shape index (κ3) is 1.29. The molecule has 0 unspecified atom stereocenters. The first-order chi connectivity index (χ1) is 7.70. The Kier molecular flexibility index (Phi) is 1.93. The van der Waals surface area contributed by atoms with E-state index in [1.54, 1.807) is 12.1 Å². The summed E-state index contributed by atoms with van der Waals surface area (Å²) in [4.78, 5) is 11.9. The van der Waals surface area contributed by atoms with Crippen LogP contribution in [-0.4, -0.2) is 11.6 Å². The van der Waals surface area contributed by atoms with Gasteiger partial charge in [0.25, 0.3) is 5.91 Å². The number of hydrogen-bond donors (Lipinski definition) is 2. The number of rotatable bonds is 0. The first-order valence-corrected chi connectivity index (χ1v) is 5.59. The number of nitrogens with one attached hydrogen (secondary N) is 2. The van der Waals surface area contributed by atoms with Gasteiger partial charge in [0.15, 0.2) is 0 Å². The van der Waals surface area contributed by atoms with E-state index < -0.39 is 5.82 Å². The fourth-order valence-corrected chi connectivity index (χ4v) is 2.66. The van der Waals surface area contributed by atoms with Crippen LogP contribution in [-0.2, 0) is 0 Å². The molecule has 1 heterocycles. The van der Waals surface area contributed by atoms with Crippen molar-refractivity contribution >= 4 is 11.6 Å². The highest BCUT2D eigenvalue weighted by atomic mass is 19.1. The van der Waals surface area contributed by atoms with E-state index in [2.05, 4.69) is 10.6 Å². The maximum absolute atomic E-state index is 13.5. The Balaban J connectivity index is 2.06. The highest BCUT2D eigenvalue weighted by molar-refractivity contribution is 6.02. The Morgan fingerprint density at radius 2 is 1.94 bits per heavy atom. The normalized spacial score (nSPS) is 21.4. The average molecular weight is 220 g/mol. The third-order valence-electron chi connectivity index (χ3n) is 3.42. The van der Waals surface area contributed by atoms with Crippen molar-refractivity contribution in [3.8, 4) is 0 Å². The number of amides is 1. The van der Waals surface area contributed by atoms with Crippen molar-refractivity contribution in [2.75, 3.05) is 5.32 Å². The van der Waals surface area contributed by atoms with E-state index in [-0.39, 0.29) is 17.1 Å². The summed E-state index contributed by atoms with van der Waals surface area (Å²) in [7, 11) is 0. The molecule has 0 saturated heterocycles. The first-order valence-electron chi connectivity index (χ1n) is 5.59. The molecule has 0 bridgehead atoms. The largest absolute Gasteiger partial charge is 0.362 e. The molecular weight excluding hydrogens is 207 g/mol. The zero-order valence-corrected chi connectivity index (χ0v) is 8.85. The minimum Gasteiger partial charge on any atom is -0.362 e. The fourth-order valence-electron chi connectivity index (χ4n) is 2.66. The molecule has 4 heteroatoms. The molecular formula is C12H13FN2O. The van der Waals surface area contributed by atoms with Gasteiger partial charge < -0.3 is 10.6 Å². The van der Waals surface area contributed by atoms with Gasteiger partial charge in [-0.2, -0.15) is 0 Å². The van der Waals surface area contributed by atoms with Crippen LogP contribution in [0.25, 0.3) is 0 Å². The monoisotopic (exact) mass is 220 g/mol. The van der Waals surface area contributed by atoms with Crippen LogP contribution >= 0.6 is 0 Å². The molecule has 3 nitrogen and oxygen atoms in total. The van der Waals surface area contributed by atoms with Crippen molar-refractivity contribution in [3.63, 3.8) is 0 Å². The van der Waals surface area contributed by atoms with Gasteiger partial charge in [-0.25, -0.2) is 4.39 Å². The molecule has 16 heavy (non-hydrogen) atoms. The van der Waals surface area contributed by atoms with Gasteiger partial charge in [0.1, 0.15) is 11.5 Å². The number of benzene rings is 1. The summed E-state index contributed by atoms with van der Waals surface area (Å²) >= 11 is 0. The summed E-state index contributed by atoms with van der Waals surface area (Å²) in [6, 6.07) is 4.70. The molecule has 3 rings (SSSR count). The van der Waals surface area contributed by atoms with Crippen LogP contribution in [0.3, 0.4) is 0 Å². The lowest BCUT2D eigenvalue weighted by molar-refractivity contribution is 0.0898. The summed E-state index contributed by atoms with van der Waals surface area (Å²) in [5.74, 6) is -0.760. The summed E-state index contributed by atoms with van der Waals surface area (Å²) < 4.78 is 13.5. The molecule has 2 N–H and O–H groups in total. The van der Waals surface area contributed by atoms with Gasteiger partial charge in [0.05, 0.1) is 11.3 Å². The third-order valence-corrected chi connectivity index (χ3v) is 3.42. The highest BCUT2D eigenvalue weighted by Crippen LogP contribution is 2.36. The van der Waals surface area contributed by atoms with Gasteiger partial charge in [0.2, 0.25) is 0 Å². The maximum atomic E-state index is 13.5. The molecule has 2 aliphatic rings. The minimum absolute atomic E-state index is 0.139. The second-order valence-corrected chi connectivity index (χ2v) is 4.53. The molecule has 1 aromatic carbocycles. The van der Waals surface area contributed by atoms with Crippen LogP contribution < -0.4 is 10.6 Å². The molecule has 1 amide bonds. The molecule has 1 fully saturated rings. The van der Waals surface area contributed by atoms with E-state index in [0.717, 1.165) is 25.7 Å². The quantitative estimate of drug-likeness (QED) is 0.704. The van der Waals surface area contributed by atoms with E-state index in [1.165, 1.54) is 6.07 Å². The Labute approximate surface area is 93.0 Å². The van der Waals surface area contributed by atoms with E-state index in [4.69, 9.17) is 0 Å². The number of carbonyl (C=O) groups excluding carboxylic acids is 1. The SMILES string of the molecule is O=C1NC2(CCCC2)Nc2cccc(F)c21. The topological polar surface area (TPSA) is 41.1 Å². The molecule has 1 spiro atoms. The Hall–Kier alpha value is -1.58. The number of anilines is 1. The van der Waals surface area contributed by atoms with Crippen molar-refractivity contribution < 1.29 is 9.18 Å². The second kappa shape index (κ2) is 3.20. The van der Waals surface area contributed by atoms with Crippen molar-refractivity contribution in [1.82, 2.24) is 5.32 Å². The van der Waals surface area contributed by atoms with Crippen molar-refractivity contribution in [1.29, 1.82) is 0 Å². The lowest BCUT2D eigenvalue weighted by atomic mass is 10.0. The molecule has 0 aromatic heterocycles. The number of hydrogen-bond acceptors (Lipinski definition) is 2. The van der Waals surface area contributed by atoms with Gasteiger partial charge in [-0.05, 0) is 37.8 Å². The number of carbonyl (C=O) groups is 1. The Morgan fingerprint density at radius 1 is 1.19 bits per heavy atom. The van der Waals surface area contributed by atoms with Gasteiger partial charge in [-0.15, -0.1) is 0 Å². The number of halogens is 1. The van der Waals surface area contributed by atoms with Crippen molar-refractivity contribution in [2.45, 2.75) is 31.3 Å². The van der Waals surface area contributed by atoms with Crippen LogP contribution in [0.15, 0.2) is 18.2 Å². The van der Waals surface area contributed by atoms with Crippen LogP contribution in [0, 0.1) is 5.82 Å². The van der Waals surface area contributed by atoms with E-state index in [0.29, 0.717) is 5.69 Å². The molecule has 84 valence electrons. The molecule has 0 atom stereocenters. The first kappa shape index (κ1) is 9.63. The standard InChI is InChI=1S/C12H13FN2O/c13-8-4-3-5-9-10(8)11(16)15-12(14-9)6-1-2-7-12/h3-5,14H,1-2,6-7H2,(H,15,16). The highest BCUT2D eigenvalue weighted by Gasteiger charge is 2.40. The predicted molar refractivity (Wildman–Crippen MR) is 58.7 cm³/mol. The smallest absolute Gasteiger partial charge is 0.258 e. The second-order valence-electron chi connectivity index (χ2n) is 4.53. The average Bonchev–Trinajstić information content (AvgIpc) is 2.65. The lowest BCUT2D eigenvalue weighted by Crippen LogP contribution is -2.56. The Morgan fingerprint density at radius 3 is 2.69 bits per heavy atom. The van der Waals surface area contributed by atoms with Crippen LogP contribution in [0.5, 0.6) is 0 Å². The van der Waals surface area contributed by atoms with Gasteiger partial charge in [0, 0.05) is 0 Å². The van der Waals surface area contributed by atoms with Crippen LogP contribution in [0.4, 0.5) is 10.1 Å². The Bertz CT molecular complexity index is 452. The van der Waals surface area contributed by atoms with Crippen LogP contribution in [0.1, 0.15) is 36.0 Å². The van der Waals surface area contributed by atoms with Gasteiger partial charge in [-0.3, -0.25) is 4.79 Å². The summed E-state index contributed by atoms with van der Waals surface area (Å²) in [6.45, 7) is 0. The molecule has 1 aromatic rings. The zero-order chi connectivity index (χ0) is 11.2. The maximum Gasteiger partial charge on any atom is 0.258 e. The predicted octanol–water partition coefficient (Wildman–Crippen LogP) is 2.25. The zero-order valence-electron chi connectivity index (χ0n) is 8.85. The molecule has 1 aliphatic heterocycles. The van der Waals surface area contributed by atoms with E-state index in [1.807, 2.05) is 0 Å². The minimum atomic E-state index is -0.463. The summed E-state index contributed by atoms with van der Waals surface area (Å²) in [5.41, 5.74) is 0.420. The summed E-state index contributed by atoms with van der Waals surface area (Å²) in [5, 5.41) is 6.17. The number of fused-ring (bicyclic) bond motifs is 1. The molecule has 1 aliphatic carbocycles. The molecule has 0 radical (unpaired) electrons. The van der Waals surface area contributed by atoms with Gasteiger partial charge >= 0.3 is 0 Å². The van der Waals surface area contributed by atoms with E-state index >= 15 is 0 Å². The van der Waals surface area contributed by atoms with Gasteiger partial charge in [-0.1, -0.05) is 6.07 Å². The van der Waals surface area contributed by atoms with Crippen molar-refractivity contribution in [3.05, 3.63) is 29.6 Å². The summed E-state index contributed by atoms with van der Waals surface area (Å²) in [6.07, 6.45) is 4.01. The van der Waals surface area contributed by atoms with Crippen LogP contribution in [0.2, 0.25) is 0 Å². The van der Waals surface area contributed by atoms with E-state index in [9.17, 15) is 9.18 Å². The lowest BCUT2D eigenvalue weighted by Gasteiger charge is -2.37. The molecule has 1 saturated carbocycles.